The molecule has 3 nitrogen and oxygen atoms in total. The van der Waals surface area contributed by atoms with Crippen molar-refractivity contribution in [2.75, 3.05) is 11.9 Å². The first-order chi connectivity index (χ1) is 12.4. The molecule has 2 rings (SSSR count). The van der Waals surface area contributed by atoms with Crippen LogP contribution < -0.4 is 10.1 Å². The quantitative estimate of drug-likeness (QED) is 0.623. The van der Waals surface area contributed by atoms with Crippen molar-refractivity contribution in [3.05, 3.63) is 65.2 Å². The van der Waals surface area contributed by atoms with Gasteiger partial charge < -0.3 is 10.1 Å². The van der Waals surface area contributed by atoms with E-state index in [4.69, 9.17) is 4.74 Å². The molecule has 0 unspecified atom stereocenters. The number of carbonyl (C=O) groups is 1. The van der Waals surface area contributed by atoms with Crippen LogP contribution in [0.4, 0.5) is 5.69 Å². The van der Waals surface area contributed by atoms with Crippen molar-refractivity contribution in [2.45, 2.75) is 46.5 Å². The summed E-state index contributed by atoms with van der Waals surface area (Å²) in [7, 11) is 0. The largest absolute Gasteiger partial charge is 0.494 e. The second-order valence-electron chi connectivity index (χ2n) is 6.95. The van der Waals surface area contributed by atoms with E-state index in [1.807, 2.05) is 37.3 Å². The van der Waals surface area contributed by atoms with Crippen LogP contribution in [-0.4, -0.2) is 12.5 Å². The van der Waals surface area contributed by atoms with Crippen LogP contribution >= 0.6 is 0 Å². The first-order valence-electron chi connectivity index (χ1n) is 9.27. The van der Waals surface area contributed by atoms with E-state index in [1.165, 1.54) is 11.1 Å². The molecule has 0 aliphatic rings. The van der Waals surface area contributed by atoms with Crippen LogP contribution in [0.1, 0.15) is 63.1 Å². The Labute approximate surface area is 157 Å². The van der Waals surface area contributed by atoms with Gasteiger partial charge in [0, 0.05) is 11.8 Å². The van der Waals surface area contributed by atoms with Crippen molar-refractivity contribution in [3.8, 4) is 5.75 Å². The minimum atomic E-state index is -0.117. The monoisotopic (exact) mass is 351 g/mol. The molecule has 2 aromatic carbocycles. The topological polar surface area (TPSA) is 38.3 Å². The number of rotatable bonds is 7. The second-order valence-corrected chi connectivity index (χ2v) is 6.95. The van der Waals surface area contributed by atoms with Crippen LogP contribution in [0.25, 0.3) is 6.08 Å². The lowest BCUT2D eigenvalue weighted by Gasteiger charge is -2.19. The number of benzene rings is 2. The molecule has 0 saturated heterocycles. The fraction of sp³-hybridized carbons (Fsp3) is 0.348. The summed E-state index contributed by atoms with van der Waals surface area (Å²) in [4.78, 5) is 12.5. The molecule has 0 saturated carbocycles. The van der Waals surface area contributed by atoms with Gasteiger partial charge in [-0.1, -0.05) is 58.0 Å². The third kappa shape index (κ3) is 5.22. The lowest BCUT2D eigenvalue weighted by molar-refractivity contribution is -0.111. The van der Waals surface area contributed by atoms with Gasteiger partial charge in [-0.05, 0) is 53.7 Å². The number of hydrogen-bond acceptors (Lipinski definition) is 2. The zero-order valence-electron chi connectivity index (χ0n) is 16.4. The lowest BCUT2D eigenvalue weighted by atomic mass is 9.92. The van der Waals surface area contributed by atoms with Crippen molar-refractivity contribution < 1.29 is 9.53 Å². The highest BCUT2D eigenvalue weighted by Gasteiger charge is 2.14. The van der Waals surface area contributed by atoms with Crippen LogP contribution in [0, 0.1) is 0 Å². The molecule has 0 atom stereocenters. The normalized spacial score (nSPS) is 11.3. The van der Waals surface area contributed by atoms with Crippen molar-refractivity contribution in [1.82, 2.24) is 0 Å². The number of ether oxygens (including phenoxy) is 1. The lowest BCUT2D eigenvalue weighted by Crippen LogP contribution is -2.13. The number of hydrogen-bond donors (Lipinski definition) is 1. The summed E-state index contributed by atoms with van der Waals surface area (Å²) in [6.07, 6.45) is 3.40. The molecular formula is C23H29NO2. The van der Waals surface area contributed by atoms with Gasteiger partial charge in [0.2, 0.25) is 5.91 Å². The Bertz CT molecular complexity index is 732. The second kappa shape index (κ2) is 9.23. The van der Waals surface area contributed by atoms with Crippen molar-refractivity contribution >= 4 is 17.7 Å². The highest BCUT2D eigenvalue weighted by molar-refractivity contribution is 6.03. The molecule has 0 aliphatic carbocycles. The molecule has 0 spiro atoms. The van der Waals surface area contributed by atoms with Crippen molar-refractivity contribution in [1.29, 1.82) is 0 Å². The number of carbonyl (C=O) groups excluding carboxylic acids is 1. The van der Waals surface area contributed by atoms with Crippen LogP contribution in [0.15, 0.2) is 48.5 Å². The summed E-state index contributed by atoms with van der Waals surface area (Å²) in [5, 5.41) is 3.09. The number of anilines is 1. The molecular weight excluding hydrogens is 322 g/mol. The van der Waals surface area contributed by atoms with Crippen LogP contribution in [0.3, 0.4) is 0 Å². The van der Waals surface area contributed by atoms with Crippen LogP contribution in [0.2, 0.25) is 0 Å². The molecule has 0 aliphatic heterocycles. The summed E-state index contributed by atoms with van der Waals surface area (Å²) < 4.78 is 5.43. The first-order valence-corrected chi connectivity index (χ1v) is 9.27. The Morgan fingerprint density at radius 1 is 1.00 bits per heavy atom. The molecule has 0 bridgehead atoms. The van der Waals surface area contributed by atoms with Gasteiger partial charge in [-0.3, -0.25) is 4.79 Å². The van der Waals surface area contributed by atoms with Gasteiger partial charge in [-0.25, -0.2) is 0 Å². The Balaban J connectivity index is 2.16. The molecule has 1 N–H and O–H groups in total. The van der Waals surface area contributed by atoms with Gasteiger partial charge in [0.25, 0.3) is 0 Å². The van der Waals surface area contributed by atoms with E-state index >= 15 is 0 Å². The predicted molar refractivity (Wildman–Crippen MR) is 110 cm³/mol. The summed E-state index contributed by atoms with van der Waals surface area (Å²) in [5.74, 6) is 1.41. The van der Waals surface area contributed by atoms with Gasteiger partial charge in [0.05, 0.1) is 6.61 Å². The van der Waals surface area contributed by atoms with Gasteiger partial charge in [0.1, 0.15) is 5.75 Å². The Kier molecular flexibility index (Phi) is 7.02. The third-order valence-corrected chi connectivity index (χ3v) is 4.24. The van der Waals surface area contributed by atoms with Crippen molar-refractivity contribution in [3.63, 3.8) is 0 Å². The summed E-state index contributed by atoms with van der Waals surface area (Å²) in [5.41, 5.74) is 4.24. The summed E-state index contributed by atoms with van der Waals surface area (Å²) in [6.45, 7) is 11.2. The SMILES string of the molecule is CCOc1ccc(C=CC(=O)Nc2c(C(C)C)cccc2C(C)C)cc1. The molecule has 0 radical (unpaired) electrons. The first kappa shape index (κ1) is 19.8. The highest BCUT2D eigenvalue weighted by atomic mass is 16.5. The van der Waals surface area contributed by atoms with E-state index in [9.17, 15) is 4.79 Å². The van der Waals surface area contributed by atoms with Crippen LogP contribution in [-0.2, 0) is 4.79 Å². The number of amides is 1. The minimum absolute atomic E-state index is 0.117. The molecule has 1 amide bonds. The predicted octanol–water partition coefficient (Wildman–Crippen LogP) is 5.98. The third-order valence-electron chi connectivity index (χ3n) is 4.24. The van der Waals surface area contributed by atoms with E-state index < -0.39 is 0 Å². The van der Waals surface area contributed by atoms with Crippen LogP contribution in [0.5, 0.6) is 5.75 Å². The minimum Gasteiger partial charge on any atom is -0.494 e. The maximum Gasteiger partial charge on any atom is 0.248 e. The van der Waals surface area contributed by atoms with E-state index in [1.54, 1.807) is 6.08 Å². The Morgan fingerprint density at radius 2 is 1.58 bits per heavy atom. The maximum atomic E-state index is 12.5. The van der Waals surface area contributed by atoms with E-state index in [-0.39, 0.29) is 5.91 Å². The molecule has 2 aromatic rings. The molecule has 3 heteroatoms. The fourth-order valence-electron chi connectivity index (χ4n) is 2.87. The molecule has 138 valence electrons. The summed E-state index contributed by atoms with van der Waals surface area (Å²) >= 11 is 0. The standard InChI is InChI=1S/C23H29NO2/c1-6-26-19-13-10-18(11-14-19)12-15-22(25)24-23-20(16(2)3)8-7-9-21(23)17(4)5/h7-17H,6H2,1-5H3,(H,24,25). The smallest absolute Gasteiger partial charge is 0.248 e. The van der Waals surface area contributed by atoms with Gasteiger partial charge in [-0.15, -0.1) is 0 Å². The molecule has 0 aromatic heterocycles. The van der Waals surface area contributed by atoms with Gasteiger partial charge in [0.15, 0.2) is 0 Å². The molecule has 0 heterocycles. The van der Waals surface area contributed by atoms with Gasteiger partial charge in [-0.2, -0.15) is 0 Å². The maximum absolute atomic E-state index is 12.5. The zero-order valence-corrected chi connectivity index (χ0v) is 16.4. The molecule has 26 heavy (non-hydrogen) atoms. The van der Waals surface area contributed by atoms with E-state index in [2.05, 4.69) is 51.2 Å². The summed E-state index contributed by atoms with van der Waals surface area (Å²) in [6, 6.07) is 13.9. The fourth-order valence-corrected chi connectivity index (χ4v) is 2.87. The van der Waals surface area contributed by atoms with E-state index in [0.717, 1.165) is 17.0 Å². The number of para-hydroxylation sites is 1. The Hall–Kier alpha value is -2.55. The van der Waals surface area contributed by atoms with Gasteiger partial charge >= 0.3 is 0 Å². The van der Waals surface area contributed by atoms with E-state index in [0.29, 0.717) is 18.4 Å². The average Bonchev–Trinajstić information content (AvgIpc) is 2.61. The Morgan fingerprint density at radius 3 is 2.08 bits per heavy atom. The highest BCUT2D eigenvalue weighted by Crippen LogP contribution is 2.32. The zero-order chi connectivity index (χ0) is 19.1. The molecule has 0 fully saturated rings. The van der Waals surface area contributed by atoms with Crippen molar-refractivity contribution in [2.24, 2.45) is 0 Å². The number of nitrogens with one attached hydrogen (secondary N) is 1. The average molecular weight is 351 g/mol.